The summed E-state index contributed by atoms with van der Waals surface area (Å²) in [7, 11) is 0. The van der Waals surface area contributed by atoms with Crippen LogP contribution in [0.5, 0.6) is 0 Å². The fourth-order valence-electron chi connectivity index (χ4n) is 3.24. The number of hydrogen-bond acceptors (Lipinski definition) is 4. The van der Waals surface area contributed by atoms with E-state index in [0.29, 0.717) is 6.10 Å². The average Bonchev–Trinajstić information content (AvgIpc) is 2.91. The molecule has 0 bridgehead atoms. The number of likely N-dealkylation sites (tertiary alicyclic amines) is 1. The van der Waals surface area contributed by atoms with Crippen molar-refractivity contribution in [3.05, 3.63) is 29.8 Å². The van der Waals surface area contributed by atoms with Crippen molar-refractivity contribution in [2.45, 2.75) is 41.9 Å². The third-order valence-electron chi connectivity index (χ3n) is 4.41. The molecule has 1 unspecified atom stereocenters. The Morgan fingerprint density at radius 1 is 1.24 bits per heavy atom. The lowest BCUT2D eigenvalue weighted by atomic mass is 10.1. The van der Waals surface area contributed by atoms with E-state index in [1.165, 1.54) is 49.4 Å². The molecule has 2 aliphatic heterocycles. The standard InChI is InChI=1S/C17H26N2OS/c18-8-3-11-20-15-6-9-19(10-7-15)13-16-12-14-4-1-2-5-17(14)21-16/h1-2,4-5,15-16H,3,6-13,18H2. The van der Waals surface area contributed by atoms with Crippen LogP contribution in [-0.4, -0.2) is 49.0 Å². The number of benzene rings is 1. The van der Waals surface area contributed by atoms with Crippen LogP contribution >= 0.6 is 11.8 Å². The summed E-state index contributed by atoms with van der Waals surface area (Å²) in [6.07, 6.45) is 5.02. The lowest BCUT2D eigenvalue weighted by Crippen LogP contribution is -2.40. The van der Waals surface area contributed by atoms with Crippen LogP contribution in [0.15, 0.2) is 29.2 Å². The minimum Gasteiger partial charge on any atom is -0.378 e. The van der Waals surface area contributed by atoms with Gasteiger partial charge in [-0.15, -0.1) is 11.8 Å². The molecule has 2 aliphatic rings. The van der Waals surface area contributed by atoms with Gasteiger partial charge < -0.3 is 15.4 Å². The Kier molecular flexibility index (Phi) is 5.58. The Hall–Kier alpha value is -0.550. The van der Waals surface area contributed by atoms with E-state index in [9.17, 15) is 0 Å². The average molecular weight is 306 g/mol. The Balaban J connectivity index is 1.39. The molecule has 116 valence electrons. The highest BCUT2D eigenvalue weighted by molar-refractivity contribution is 8.00. The van der Waals surface area contributed by atoms with Crippen LogP contribution in [0.2, 0.25) is 0 Å². The summed E-state index contributed by atoms with van der Waals surface area (Å²) in [4.78, 5) is 4.11. The van der Waals surface area contributed by atoms with Gasteiger partial charge in [-0.1, -0.05) is 18.2 Å². The molecule has 21 heavy (non-hydrogen) atoms. The first-order valence-electron chi connectivity index (χ1n) is 8.14. The molecule has 1 aromatic carbocycles. The molecule has 3 nitrogen and oxygen atoms in total. The molecule has 0 amide bonds. The highest BCUT2D eigenvalue weighted by Crippen LogP contribution is 2.37. The topological polar surface area (TPSA) is 38.5 Å². The van der Waals surface area contributed by atoms with E-state index < -0.39 is 0 Å². The van der Waals surface area contributed by atoms with Crippen molar-refractivity contribution in [1.82, 2.24) is 4.90 Å². The minimum atomic E-state index is 0.459. The van der Waals surface area contributed by atoms with Crippen LogP contribution in [-0.2, 0) is 11.2 Å². The summed E-state index contributed by atoms with van der Waals surface area (Å²) in [5, 5.41) is 0.733. The van der Waals surface area contributed by atoms with Gasteiger partial charge in [-0.2, -0.15) is 0 Å². The van der Waals surface area contributed by atoms with Gasteiger partial charge in [0, 0.05) is 36.4 Å². The second-order valence-corrected chi connectivity index (χ2v) is 7.41. The molecule has 1 fully saturated rings. The van der Waals surface area contributed by atoms with Crippen LogP contribution in [0.1, 0.15) is 24.8 Å². The minimum absolute atomic E-state index is 0.459. The number of piperidine rings is 1. The zero-order valence-electron chi connectivity index (χ0n) is 12.7. The second-order valence-electron chi connectivity index (χ2n) is 6.06. The maximum absolute atomic E-state index is 5.88. The molecule has 1 aromatic rings. The van der Waals surface area contributed by atoms with E-state index in [1.807, 2.05) is 0 Å². The predicted octanol–water partition coefficient (Wildman–Crippen LogP) is 2.53. The molecular weight excluding hydrogens is 280 g/mol. The normalized spacial score (nSPS) is 23.4. The van der Waals surface area contributed by atoms with Crippen LogP contribution in [0.3, 0.4) is 0 Å². The third kappa shape index (κ3) is 4.22. The van der Waals surface area contributed by atoms with Gasteiger partial charge in [0.1, 0.15) is 0 Å². The van der Waals surface area contributed by atoms with Crippen molar-refractivity contribution in [2.24, 2.45) is 5.73 Å². The summed E-state index contributed by atoms with van der Waals surface area (Å²) >= 11 is 2.06. The van der Waals surface area contributed by atoms with Crippen molar-refractivity contribution < 1.29 is 4.74 Å². The number of thioether (sulfide) groups is 1. The molecule has 2 heterocycles. The molecule has 0 radical (unpaired) electrons. The Labute approximate surface area is 132 Å². The van der Waals surface area contributed by atoms with Crippen LogP contribution in [0.25, 0.3) is 0 Å². The number of fused-ring (bicyclic) bond motifs is 1. The molecule has 1 atom stereocenters. The van der Waals surface area contributed by atoms with Gasteiger partial charge >= 0.3 is 0 Å². The molecule has 4 heteroatoms. The first kappa shape index (κ1) is 15.3. The van der Waals surface area contributed by atoms with Gasteiger partial charge in [-0.3, -0.25) is 0 Å². The van der Waals surface area contributed by atoms with Gasteiger partial charge in [0.05, 0.1) is 6.10 Å². The second kappa shape index (κ2) is 7.63. The molecule has 0 saturated carbocycles. The summed E-state index contributed by atoms with van der Waals surface area (Å²) in [5.74, 6) is 0. The number of ether oxygens (including phenoxy) is 1. The fraction of sp³-hybridized carbons (Fsp3) is 0.647. The van der Waals surface area contributed by atoms with Crippen LogP contribution < -0.4 is 5.73 Å². The molecule has 0 aliphatic carbocycles. The zero-order valence-corrected chi connectivity index (χ0v) is 13.5. The quantitative estimate of drug-likeness (QED) is 0.820. The lowest BCUT2D eigenvalue weighted by molar-refractivity contribution is 0.00745. The first-order chi connectivity index (χ1) is 10.3. The maximum atomic E-state index is 5.88. The number of nitrogens with zero attached hydrogens (tertiary/aromatic N) is 1. The Bertz CT molecular complexity index is 421. The highest BCUT2D eigenvalue weighted by Gasteiger charge is 2.26. The Morgan fingerprint density at radius 2 is 2.05 bits per heavy atom. The summed E-state index contributed by atoms with van der Waals surface area (Å²) < 4.78 is 5.88. The van der Waals surface area contributed by atoms with E-state index in [0.717, 1.165) is 24.8 Å². The lowest BCUT2D eigenvalue weighted by Gasteiger charge is -2.33. The largest absolute Gasteiger partial charge is 0.378 e. The number of rotatable bonds is 6. The van der Waals surface area contributed by atoms with Crippen molar-refractivity contribution in [2.75, 3.05) is 32.8 Å². The van der Waals surface area contributed by atoms with Gasteiger partial charge in [-0.25, -0.2) is 0 Å². The molecule has 3 rings (SSSR count). The van der Waals surface area contributed by atoms with E-state index >= 15 is 0 Å². The monoisotopic (exact) mass is 306 g/mol. The summed E-state index contributed by atoms with van der Waals surface area (Å²) in [5.41, 5.74) is 7.04. The Morgan fingerprint density at radius 3 is 2.81 bits per heavy atom. The first-order valence-corrected chi connectivity index (χ1v) is 9.01. The smallest absolute Gasteiger partial charge is 0.0599 e. The van der Waals surface area contributed by atoms with Crippen LogP contribution in [0.4, 0.5) is 0 Å². The molecular formula is C17H26N2OS. The number of nitrogens with two attached hydrogens (primary N) is 1. The van der Waals surface area contributed by atoms with E-state index in [-0.39, 0.29) is 0 Å². The van der Waals surface area contributed by atoms with Gasteiger partial charge in [0.25, 0.3) is 0 Å². The van der Waals surface area contributed by atoms with E-state index in [2.05, 4.69) is 40.9 Å². The SMILES string of the molecule is NCCCOC1CCN(CC2Cc3ccccc3S2)CC1. The van der Waals surface area contributed by atoms with Crippen molar-refractivity contribution in [1.29, 1.82) is 0 Å². The van der Waals surface area contributed by atoms with E-state index in [1.54, 1.807) is 0 Å². The van der Waals surface area contributed by atoms with Gasteiger partial charge in [0.2, 0.25) is 0 Å². The molecule has 0 spiro atoms. The molecule has 2 N–H and O–H groups in total. The van der Waals surface area contributed by atoms with E-state index in [4.69, 9.17) is 10.5 Å². The predicted molar refractivity (Wildman–Crippen MR) is 88.9 cm³/mol. The third-order valence-corrected chi connectivity index (χ3v) is 5.71. The fourth-order valence-corrected chi connectivity index (χ4v) is 4.60. The van der Waals surface area contributed by atoms with Crippen LogP contribution in [0, 0.1) is 0 Å². The summed E-state index contributed by atoms with van der Waals surface area (Å²) in [6.45, 7) is 5.14. The van der Waals surface area contributed by atoms with Crippen molar-refractivity contribution in [3.63, 3.8) is 0 Å². The van der Waals surface area contributed by atoms with Crippen molar-refractivity contribution in [3.8, 4) is 0 Å². The van der Waals surface area contributed by atoms with Gasteiger partial charge in [0.15, 0.2) is 0 Å². The maximum Gasteiger partial charge on any atom is 0.0599 e. The number of hydrogen-bond donors (Lipinski definition) is 1. The van der Waals surface area contributed by atoms with Crippen molar-refractivity contribution >= 4 is 11.8 Å². The summed E-state index contributed by atoms with van der Waals surface area (Å²) in [6, 6.07) is 8.85. The van der Waals surface area contributed by atoms with Gasteiger partial charge in [-0.05, 0) is 43.9 Å². The molecule has 1 saturated heterocycles. The highest BCUT2D eigenvalue weighted by atomic mass is 32.2. The molecule has 0 aromatic heterocycles. The zero-order chi connectivity index (χ0) is 14.5.